The summed E-state index contributed by atoms with van der Waals surface area (Å²) in [7, 11) is 0. The quantitative estimate of drug-likeness (QED) is 0.811. The summed E-state index contributed by atoms with van der Waals surface area (Å²) in [5, 5.41) is 12.0. The third-order valence-electron chi connectivity index (χ3n) is 5.02. The lowest BCUT2D eigenvalue weighted by atomic mass is 9.85. The minimum atomic E-state index is -0.790. The predicted molar refractivity (Wildman–Crippen MR) is 84.8 cm³/mol. The van der Waals surface area contributed by atoms with Gasteiger partial charge in [-0.1, -0.05) is 13.8 Å². The lowest BCUT2D eigenvalue weighted by molar-refractivity contribution is -0.139. The van der Waals surface area contributed by atoms with Crippen LogP contribution < -0.4 is 5.32 Å². The molecule has 1 aliphatic heterocycles. The van der Waals surface area contributed by atoms with E-state index in [1.165, 1.54) is 0 Å². The molecule has 2 aliphatic rings. The molecule has 1 aliphatic carbocycles. The second kappa shape index (κ2) is 6.44. The molecular formula is C16H29N3O3. The van der Waals surface area contributed by atoms with E-state index < -0.39 is 5.97 Å². The molecule has 2 rings (SSSR count). The highest BCUT2D eigenvalue weighted by Gasteiger charge is 2.41. The number of nitrogens with one attached hydrogen (secondary N) is 1. The molecule has 126 valence electrons. The number of aliphatic carboxylic acids is 1. The minimum absolute atomic E-state index is 0.0269. The lowest BCUT2D eigenvalue weighted by Gasteiger charge is -2.43. The fraction of sp³-hybridized carbons (Fsp3) is 0.875. The van der Waals surface area contributed by atoms with Crippen molar-refractivity contribution in [2.45, 2.75) is 64.6 Å². The monoisotopic (exact) mass is 311 g/mol. The molecule has 0 spiro atoms. The van der Waals surface area contributed by atoms with Crippen molar-refractivity contribution in [2.75, 3.05) is 19.6 Å². The van der Waals surface area contributed by atoms with Crippen molar-refractivity contribution in [1.29, 1.82) is 0 Å². The Bertz CT molecular complexity index is 432. The van der Waals surface area contributed by atoms with Crippen LogP contribution >= 0.6 is 0 Å². The van der Waals surface area contributed by atoms with Crippen LogP contribution in [0.3, 0.4) is 0 Å². The first-order chi connectivity index (χ1) is 10.2. The Balaban J connectivity index is 1.80. The summed E-state index contributed by atoms with van der Waals surface area (Å²) >= 11 is 0. The van der Waals surface area contributed by atoms with E-state index in [0.29, 0.717) is 5.92 Å². The number of nitrogens with zero attached hydrogens (tertiary/aromatic N) is 2. The zero-order chi connectivity index (χ0) is 16.5. The van der Waals surface area contributed by atoms with Gasteiger partial charge in [-0.3, -0.25) is 9.69 Å². The molecule has 22 heavy (non-hydrogen) atoms. The van der Waals surface area contributed by atoms with E-state index in [4.69, 9.17) is 5.11 Å². The smallest absolute Gasteiger partial charge is 0.318 e. The number of carboxylic acid groups (broad SMARTS) is 1. The summed E-state index contributed by atoms with van der Waals surface area (Å²) in [5.74, 6) is -0.247. The molecule has 6 nitrogen and oxygen atoms in total. The van der Waals surface area contributed by atoms with Gasteiger partial charge in [0.25, 0.3) is 0 Å². The Morgan fingerprint density at radius 1 is 1.36 bits per heavy atom. The molecular weight excluding hydrogens is 282 g/mol. The first-order valence-electron chi connectivity index (χ1n) is 8.27. The molecule has 1 heterocycles. The number of rotatable bonds is 5. The van der Waals surface area contributed by atoms with Crippen LogP contribution in [0.4, 0.5) is 4.79 Å². The minimum Gasteiger partial charge on any atom is -0.480 e. The summed E-state index contributed by atoms with van der Waals surface area (Å²) in [6, 6.07) is 0.475. The molecule has 2 amide bonds. The third kappa shape index (κ3) is 3.72. The number of carbonyl (C=O) groups excluding carboxylic acids is 1. The van der Waals surface area contributed by atoms with Gasteiger partial charge in [0.05, 0.1) is 6.54 Å². The Kier molecular flexibility index (Phi) is 5.00. The van der Waals surface area contributed by atoms with Gasteiger partial charge < -0.3 is 15.3 Å². The van der Waals surface area contributed by atoms with Gasteiger partial charge in [0, 0.05) is 24.2 Å². The number of carboxylic acids is 1. The third-order valence-corrected chi connectivity index (χ3v) is 5.02. The SMILES string of the molecule is CCN(CC(=O)O)C1CC(NC(=O)N2CC(C)CC2(C)C)C1. The van der Waals surface area contributed by atoms with E-state index in [9.17, 15) is 9.59 Å². The van der Waals surface area contributed by atoms with E-state index in [1.807, 2.05) is 16.7 Å². The van der Waals surface area contributed by atoms with Crippen molar-refractivity contribution in [3.05, 3.63) is 0 Å². The van der Waals surface area contributed by atoms with Gasteiger partial charge in [-0.15, -0.1) is 0 Å². The van der Waals surface area contributed by atoms with Crippen LogP contribution in [-0.2, 0) is 4.79 Å². The average molecular weight is 311 g/mol. The highest BCUT2D eigenvalue weighted by atomic mass is 16.4. The normalized spacial score (nSPS) is 30.2. The van der Waals surface area contributed by atoms with Crippen LogP contribution in [0.2, 0.25) is 0 Å². The van der Waals surface area contributed by atoms with E-state index in [2.05, 4.69) is 26.1 Å². The summed E-state index contributed by atoms with van der Waals surface area (Å²) < 4.78 is 0. The van der Waals surface area contributed by atoms with E-state index >= 15 is 0 Å². The molecule has 2 N–H and O–H groups in total. The molecule has 0 aromatic rings. The Morgan fingerprint density at radius 3 is 2.45 bits per heavy atom. The summed E-state index contributed by atoms with van der Waals surface area (Å²) in [4.78, 5) is 27.2. The summed E-state index contributed by atoms with van der Waals surface area (Å²) in [6.45, 7) is 10.0. The van der Waals surface area contributed by atoms with Gasteiger partial charge in [-0.25, -0.2) is 4.79 Å². The standard InChI is InChI=1S/C16H29N3O3/c1-5-18(10-14(20)21)13-6-12(7-13)17-15(22)19-9-11(2)8-16(19,3)4/h11-13H,5-10H2,1-4H3,(H,17,22)(H,20,21). The number of amides is 2. The van der Waals surface area contributed by atoms with Crippen molar-refractivity contribution < 1.29 is 14.7 Å². The molecule has 0 bridgehead atoms. The van der Waals surface area contributed by atoms with E-state index in [-0.39, 0.29) is 30.2 Å². The number of hydrogen-bond donors (Lipinski definition) is 2. The maximum absolute atomic E-state index is 12.4. The predicted octanol–water partition coefficient (Wildman–Crippen LogP) is 1.75. The molecule has 0 radical (unpaired) electrons. The maximum atomic E-state index is 12.4. The fourth-order valence-corrected chi connectivity index (χ4v) is 3.87. The van der Waals surface area contributed by atoms with Crippen molar-refractivity contribution >= 4 is 12.0 Å². The zero-order valence-electron chi connectivity index (χ0n) is 14.1. The van der Waals surface area contributed by atoms with Gasteiger partial charge in [-0.2, -0.15) is 0 Å². The summed E-state index contributed by atoms with van der Waals surface area (Å²) in [5.41, 5.74) is -0.0780. The van der Waals surface area contributed by atoms with Gasteiger partial charge in [0.15, 0.2) is 0 Å². The zero-order valence-corrected chi connectivity index (χ0v) is 14.1. The summed E-state index contributed by atoms with van der Waals surface area (Å²) in [6.07, 6.45) is 2.73. The first-order valence-corrected chi connectivity index (χ1v) is 8.27. The van der Waals surface area contributed by atoms with Crippen molar-refractivity contribution in [3.8, 4) is 0 Å². The number of carbonyl (C=O) groups is 2. The van der Waals surface area contributed by atoms with Crippen molar-refractivity contribution in [1.82, 2.24) is 15.1 Å². The largest absolute Gasteiger partial charge is 0.480 e. The van der Waals surface area contributed by atoms with Crippen molar-refractivity contribution in [2.24, 2.45) is 5.92 Å². The fourth-order valence-electron chi connectivity index (χ4n) is 3.87. The number of likely N-dealkylation sites (tertiary alicyclic amines) is 1. The molecule has 2 fully saturated rings. The van der Waals surface area contributed by atoms with E-state index in [1.54, 1.807) is 0 Å². The second-order valence-corrected chi connectivity index (χ2v) is 7.46. The molecule has 0 aromatic carbocycles. The van der Waals surface area contributed by atoms with Crippen LogP contribution in [0.25, 0.3) is 0 Å². The van der Waals surface area contributed by atoms with Crippen molar-refractivity contribution in [3.63, 3.8) is 0 Å². The second-order valence-electron chi connectivity index (χ2n) is 7.46. The first kappa shape index (κ1) is 17.1. The maximum Gasteiger partial charge on any atom is 0.318 e. The number of urea groups is 1. The molecule has 1 saturated heterocycles. The molecule has 1 unspecified atom stereocenters. The van der Waals surface area contributed by atoms with Crippen LogP contribution in [0.1, 0.15) is 47.0 Å². The van der Waals surface area contributed by atoms with Gasteiger partial charge in [-0.05, 0) is 45.6 Å². The van der Waals surface area contributed by atoms with E-state index in [0.717, 1.165) is 32.4 Å². The van der Waals surface area contributed by atoms with Gasteiger partial charge >= 0.3 is 12.0 Å². The Labute approximate surface area is 132 Å². The highest BCUT2D eigenvalue weighted by Crippen LogP contribution is 2.33. The van der Waals surface area contributed by atoms with Crippen LogP contribution in [0, 0.1) is 5.92 Å². The molecule has 6 heteroatoms. The van der Waals surface area contributed by atoms with Crippen LogP contribution in [-0.4, -0.2) is 64.2 Å². The van der Waals surface area contributed by atoms with Gasteiger partial charge in [0.1, 0.15) is 0 Å². The highest BCUT2D eigenvalue weighted by molar-refractivity contribution is 5.76. The van der Waals surface area contributed by atoms with Crippen LogP contribution in [0.5, 0.6) is 0 Å². The Hall–Kier alpha value is -1.30. The topological polar surface area (TPSA) is 72.9 Å². The average Bonchev–Trinajstić information content (AvgIpc) is 2.63. The number of hydrogen-bond acceptors (Lipinski definition) is 3. The molecule has 0 aromatic heterocycles. The molecule has 1 atom stereocenters. The molecule has 1 saturated carbocycles. The Morgan fingerprint density at radius 2 is 2.00 bits per heavy atom. The van der Waals surface area contributed by atoms with Crippen LogP contribution in [0.15, 0.2) is 0 Å². The van der Waals surface area contributed by atoms with Gasteiger partial charge in [0.2, 0.25) is 0 Å². The number of likely N-dealkylation sites (N-methyl/N-ethyl adjacent to an activating group) is 1. The lowest BCUT2D eigenvalue weighted by Crippen LogP contribution is -2.58.